The van der Waals surface area contributed by atoms with Crippen LogP contribution < -0.4 is 11.1 Å². The first kappa shape index (κ1) is 12.9. The molecule has 0 saturated carbocycles. The van der Waals surface area contributed by atoms with Crippen molar-refractivity contribution in [1.82, 2.24) is 5.32 Å². The topological polar surface area (TPSA) is 51.2 Å². The molecule has 0 bridgehead atoms. The zero-order valence-corrected chi connectivity index (χ0v) is 10.7. The lowest BCUT2D eigenvalue weighted by atomic mass is 9.99. The average Bonchev–Trinajstić information content (AvgIpc) is 2.81. The van der Waals surface area contributed by atoms with Crippen molar-refractivity contribution >= 4 is 0 Å². The van der Waals surface area contributed by atoms with E-state index in [0.29, 0.717) is 12.5 Å². The molecule has 0 spiro atoms. The lowest BCUT2D eigenvalue weighted by Gasteiger charge is -2.15. The Kier molecular flexibility index (Phi) is 4.56. The summed E-state index contributed by atoms with van der Waals surface area (Å²) in [5.74, 6) is 2.27. The summed E-state index contributed by atoms with van der Waals surface area (Å²) in [4.78, 5) is 0. The maximum atomic E-state index is 5.82. The Balaban J connectivity index is 1.84. The molecule has 1 aromatic heterocycles. The molecule has 0 fully saturated rings. The van der Waals surface area contributed by atoms with E-state index in [0.717, 1.165) is 24.6 Å². The molecule has 3 nitrogen and oxygen atoms in total. The van der Waals surface area contributed by atoms with Gasteiger partial charge in [-0.3, -0.25) is 0 Å². The Morgan fingerprint density at radius 1 is 1.17 bits per heavy atom. The van der Waals surface area contributed by atoms with Crippen LogP contribution in [0.4, 0.5) is 0 Å². The highest BCUT2D eigenvalue weighted by Crippen LogP contribution is 2.13. The summed E-state index contributed by atoms with van der Waals surface area (Å²) < 4.78 is 5.51. The predicted octanol–water partition coefficient (Wildman–Crippen LogP) is 2.42. The number of hydrogen-bond donors (Lipinski definition) is 2. The molecule has 0 aliphatic rings. The molecule has 0 aliphatic carbocycles. The Hall–Kier alpha value is -1.58. The van der Waals surface area contributed by atoms with Gasteiger partial charge in [-0.2, -0.15) is 0 Å². The van der Waals surface area contributed by atoms with Crippen LogP contribution in [-0.2, 0) is 6.54 Å². The fourth-order valence-corrected chi connectivity index (χ4v) is 2.01. The van der Waals surface area contributed by atoms with Gasteiger partial charge in [0.1, 0.15) is 11.5 Å². The molecule has 1 heterocycles. The molecule has 0 radical (unpaired) electrons. The summed E-state index contributed by atoms with van der Waals surface area (Å²) in [6.45, 7) is 4.21. The molecule has 0 amide bonds. The second-order valence-electron chi connectivity index (χ2n) is 4.49. The SMILES string of the molecule is Cc1ccc(CNCC(CN)c2ccccc2)o1. The Morgan fingerprint density at radius 2 is 1.94 bits per heavy atom. The first-order valence-electron chi connectivity index (χ1n) is 6.30. The van der Waals surface area contributed by atoms with Gasteiger partial charge >= 0.3 is 0 Å². The van der Waals surface area contributed by atoms with Crippen LogP contribution in [0.2, 0.25) is 0 Å². The molecule has 3 N–H and O–H groups in total. The van der Waals surface area contributed by atoms with Gasteiger partial charge in [-0.05, 0) is 24.6 Å². The van der Waals surface area contributed by atoms with Crippen molar-refractivity contribution in [3.8, 4) is 0 Å². The lowest BCUT2D eigenvalue weighted by Crippen LogP contribution is -2.26. The second kappa shape index (κ2) is 6.38. The van der Waals surface area contributed by atoms with E-state index in [9.17, 15) is 0 Å². The molecule has 3 heteroatoms. The standard InChI is InChI=1S/C15H20N2O/c1-12-7-8-15(18-12)11-17-10-14(9-16)13-5-3-2-4-6-13/h2-8,14,17H,9-11,16H2,1H3. The molecule has 18 heavy (non-hydrogen) atoms. The maximum absolute atomic E-state index is 5.82. The van der Waals surface area contributed by atoms with Crippen LogP contribution in [-0.4, -0.2) is 13.1 Å². The van der Waals surface area contributed by atoms with Gasteiger partial charge in [-0.1, -0.05) is 30.3 Å². The highest BCUT2D eigenvalue weighted by Gasteiger charge is 2.08. The van der Waals surface area contributed by atoms with Crippen molar-refractivity contribution < 1.29 is 4.42 Å². The highest BCUT2D eigenvalue weighted by molar-refractivity contribution is 5.20. The van der Waals surface area contributed by atoms with E-state index in [2.05, 4.69) is 17.4 Å². The minimum atomic E-state index is 0.349. The van der Waals surface area contributed by atoms with Crippen molar-refractivity contribution in [2.24, 2.45) is 5.73 Å². The van der Waals surface area contributed by atoms with Gasteiger partial charge in [-0.25, -0.2) is 0 Å². The van der Waals surface area contributed by atoms with Crippen molar-refractivity contribution in [2.45, 2.75) is 19.4 Å². The van der Waals surface area contributed by atoms with Crippen molar-refractivity contribution in [3.63, 3.8) is 0 Å². The molecule has 1 unspecified atom stereocenters. The van der Waals surface area contributed by atoms with Crippen LogP contribution in [0.15, 0.2) is 46.9 Å². The largest absolute Gasteiger partial charge is 0.465 e. The molecular formula is C15H20N2O. The number of rotatable bonds is 6. The maximum Gasteiger partial charge on any atom is 0.117 e. The minimum Gasteiger partial charge on any atom is -0.465 e. The zero-order valence-electron chi connectivity index (χ0n) is 10.7. The fraction of sp³-hybridized carbons (Fsp3) is 0.333. The van der Waals surface area contributed by atoms with Crippen molar-refractivity contribution in [2.75, 3.05) is 13.1 Å². The van der Waals surface area contributed by atoms with Gasteiger partial charge in [-0.15, -0.1) is 0 Å². The van der Waals surface area contributed by atoms with Gasteiger partial charge in [0.25, 0.3) is 0 Å². The lowest BCUT2D eigenvalue weighted by molar-refractivity contribution is 0.455. The van der Waals surface area contributed by atoms with E-state index in [1.165, 1.54) is 5.56 Å². The van der Waals surface area contributed by atoms with Crippen LogP contribution >= 0.6 is 0 Å². The summed E-state index contributed by atoms with van der Waals surface area (Å²) in [5.41, 5.74) is 7.11. The van der Waals surface area contributed by atoms with E-state index >= 15 is 0 Å². The van der Waals surface area contributed by atoms with Crippen LogP contribution in [0.1, 0.15) is 23.0 Å². The van der Waals surface area contributed by atoms with Gasteiger partial charge in [0.05, 0.1) is 6.54 Å². The molecule has 2 rings (SSSR count). The van der Waals surface area contributed by atoms with E-state index in [1.807, 2.05) is 37.3 Å². The third kappa shape index (κ3) is 3.45. The van der Waals surface area contributed by atoms with Crippen LogP contribution in [0.25, 0.3) is 0 Å². The summed E-state index contributed by atoms with van der Waals surface area (Å²) in [6.07, 6.45) is 0. The summed E-state index contributed by atoms with van der Waals surface area (Å²) in [5, 5.41) is 3.39. The second-order valence-corrected chi connectivity index (χ2v) is 4.49. The Morgan fingerprint density at radius 3 is 2.56 bits per heavy atom. The van der Waals surface area contributed by atoms with Gasteiger partial charge in [0.15, 0.2) is 0 Å². The molecule has 2 aromatic rings. The number of hydrogen-bond acceptors (Lipinski definition) is 3. The molecule has 0 aliphatic heterocycles. The molecular weight excluding hydrogens is 224 g/mol. The van der Waals surface area contributed by atoms with Crippen LogP contribution in [0, 0.1) is 6.92 Å². The Labute approximate surface area is 108 Å². The number of nitrogens with two attached hydrogens (primary N) is 1. The van der Waals surface area contributed by atoms with Crippen LogP contribution in [0.3, 0.4) is 0 Å². The summed E-state index contributed by atoms with van der Waals surface area (Å²) in [6, 6.07) is 14.3. The van der Waals surface area contributed by atoms with Gasteiger partial charge in [0.2, 0.25) is 0 Å². The smallest absolute Gasteiger partial charge is 0.117 e. The fourth-order valence-electron chi connectivity index (χ4n) is 2.01. The monoisotopic (exact) mass is 244 g/mol. The van der Waals surface area contributed by atoms with Gasteiger partial charge < -0.3 is 15.5 Å². The van der Waals surface area contributed by atoms with Crippen LogP contribution in [0.5, 0.6) is 0 Å². The van der Waals surface area contributed by atoms with E-state index in [-0.39, 0.29) is 0 Å². The first-order valence-corrected chi connectivity index (χ1v) is 6.30. The van der Waals surface area contributed by atoms with Crippen molar-refractivity contribution in [3.05, 3.63) is 59.5 Å². The van der Waals surface area contributed by atoms with Crippen molar-refractivity contribution in [1.29, 1.82) is 0 Å². The first-order chi connectivity index (χ1) is 8.79. The van der Waals surface area contributed by atoms with E-state index < -0.39 is 0 Å². The normalized spacial score (nSPS) is 12.6. The van der Waals surface area contributed by atoms with Gasteiger partial charge in [0, 0.05) is 19.0 Å². The average molecular weight is 244 g/mol. The summed E-state index contributed by atoms with van der Waals surface area (Å²) >= 11 is 0. The number of benzene rings is 1. The Bertz CT molecular complexity index is 464. The quantitative estimate of drug-likeness (QED) is 0.820. The van der Waals surface area contributed by atoms with E-state index in [1.54, 1.807) is 0 Å². The zero-order chi connectivity index (χ0) is 12.8. The molecule has 1 atom stereocenters. The summed E-state index contributed by atoms with van der Waals surface area (Å²) in [7, 11) is 0. The molecule has 0 saturated heterocycles. The third-order valence-electron chi connectivity index (χ3n) is 3.04. The number of nitrogens with one attached hydrogen (secondary N) is 1. The van der Waals surface area contributed by atoms with E-state index in [4.69, 9.17) is 10.2 Å². The minimum absolute atomic E-state index is 0.349. The third-order valence-corrected chi connectivity index (χ3v) is 3.04. The highest BCUT2D eigenvalue weighted by atomic mass is 16.3. The number of furan rings is 1. The number of aryl methyl sites for hydroxylation is 1. The molecule has 1 aromatic carbocycles. The molecule has 96 valence electrons. The predicted molar refractivity (Wildman–Crippen MR) is 73.4 cm³/mol.